The lowest BCUT2D eigenvalue weighted by Gasteiger charge is -2.26. The number of hydrogen-bond donors (Lipinski definition) is 0. The number of amides is 1. The number of ether oxygens (including phenoxy) is 1. The summed E-state index contributed by atoms with van der Waals surface area (Å²) in [7, 11) is -1.67. The third-order valence-electron chi connectivity index (χ3n) is 4.00. The van der Waals surface area contributed by atoms with Crippen LogP contribution >= 0.6 is 11.8 Å². The molecule has 1 aromatic carbocycles. The number of hydrogen-bond acceptors (Lipinski definition) is 6. The van der Waals surface area contributed by atoms with Gasteiger partial charge in [-0.15, -0.1) is 11.8 Å². The van der Waals surface area contributed by atoms with Crippen LogP contribution in [0.15, 0.2) is 23.1 Å². The molecular weight excluding hydrogens is 388 g/mol. The summed E-state index contributed by atoms with van der Waals surface area (Å²) in [4.78, 5) is 25.4. The summed E-state index contributed by atoms with van der Waals surface area (Å²) in [5, 5.41) is 0. The average molecular weight is 407 g/mol. The van der Waals surface area contributed by atoms with Crippen LogP contribution in [-0.2, 0) is 24.2 Å². The van der Waals surface area contributed by atoms with E-state index in [1.807, 2.05) is 0 Å². The summed E-state index contributed by atoms with van der Waals surface area (Å²) in [5.41, 5.74) is 0. The predicted octanol–water partition coefficient (Wildman–Crippen LogP) is 1.63. The number of halogens is 2. The molecule has 1 fully saturated rings. The first-order valence-electron chi connectivity index (χ1n) is 7.83. The second-order valence-electron chi connectivity index (χ2n) is 6.00. The van der Waals surface area contributed by atoms with E-state index in [9.17, 15) is 26.8 Å². The predicted molar refractivity (Wildman–Crippen MR) is 92.5 cm³/mol. The minimum absolute atomic E-state index is 0.0271. The number of esters is 1. The highest BCUT2D eigenvalue weighted by molar-refractivity contribution is 8.00. The Morgan fingerprint density at radius 3 is 2.69 bits per heavy atom. The third-order valence-corrected chi connectivity index (χ3v) is 6.75. The van der Waals surface area contributed by atoms with E-state index in [0.717, 1.165) is 30.0 Å². The zero-order valence-corrected chi connectivity index (χ0v) is 15.9. The number of likely N-dealkylation sites (N-methyl/N-ethyl adjacent to an activating group) is 1. The van der Waals surface area contributed by atoms with Gasteiger partial charge in [0.05, 0.1) is 17.3 Å². The maximum absolute atomic E-state index is 13.5. The summed E-state index contributed by atoms with van der Waals surface area (Å²) in [6, 6.07) is 2.46. The first-order valence-corrected chi connectivity index (χ1v) is 10.6. The molecule has 2 rings (SSSR count). The fourth-order valence-corrected chi connectivity index (χ4v) is 5.07. The standard InChI is InChI=1S/C16H19F2NO5S2/c1-10(16(21)19(2)12-5-6-26(22,23)9-12)24-15(20)8-25-14-7-11(17)3-4-13(14)18/h3-4,7,10,12H,5-6,8-9H2,1-2H3/t10-,12+/m0/s1. The summed E-state index contributed by atoms with van der Waals surface area (Å²) in [5.74, 6) is -2.92. The molecule has 0 aromatic heterocycles. The van der Waals surface area contributed by atoms with Crippen LogP contribution in [0.2, 0.25) is 0 Å². The Balaban J connectivity index is 1.86. The first-order chi connectivity index (χ1) is 12.1. The number of nitrogens with zero attached hydrogens (tertiary/aromatic N) is 1. The van der Waals surface area contributed by atoms with Gasteiger partial charge in [-0.1, -0.05) is 0 Å². The van der Waals surface area contributed by atoms with E-state index in [1.165, 1.54) is 18.9 Å². The maximum Gasteiger partial charge on any atom is 0.317 e. The Hall–Kier alpha value is -1.68. The van der Waals surface area contributed by atoms with E-state index in [4.69, 9.17) is 4.74 Å². The molecule has 0 saturated carbocycles. The molecule has 26 heavy (non-hydrogen) atoms. The highest BCUT2D eigenvalue weighted by Gasteiger charge is 2.34. The third kappa shape index (κ3) is 5.41. The molecular formula is C16H19F2NO5S2. The zero-order chi connectivity index (χ0) is 19.5. The molecule has 0 N–H and O–H groups in total. The fourth-order valence-electron chi connectivity index (χ4n) is 2.55. The lowest BCUT2D eigenvalue weighted by molar-refractivity contribution is -0.157. The van der Waals surface area contributed by atoms with Crippen molar-refractivity contribution in [3.05, 3.63) is 29.8 Å². The van der Waals surface area contributed by atoms with Crippen molar-refractivity contribution in [2.24, 2.45) is 0 Å². The fraction of sp³-hybridized carbons (Fsp3) is 0.500. The Morgan fingerprint density at radius 2 is 2.08 bits per heavy atom. The van der Waals surface area contributed by atoms with Gasteiger partial charge in [0.15, 0.2) is 15.9 Å². The van der Waals surface area contributed by atoms with Crippen LogP contribution in [0.3, 0.4) is 0 Å². The normalized spacial score (nSPS) is 19.8. The van der Waals surface area contributed by atoms with Gasteiger partial charge in [-0.25, -0.2) is 17.2 Å². The molecule has 144 valence electrons. The van der Waals surface area contributed by atoms with Gasteiger partial charge in [-0.3, -0.25) is 9.59 Å². The number of sulfone groups is 1. The quantitative estimate of drug-likeness (QED) is 0.527. The molecule has 0 unspecified atom stereocenters. The summed E-state index contributed by atoms with van der Waals surface area (Å²) in [6.07, 6.45) is -0.756. The zero-order valence-electron chi connectivity index (χ0n) is 14.3. The molecule has 1 saturated heterocycles. The van der Waals surface area contributed by atoms with Gasteiger partial charge in [0.2, 0.25) is 0 Å². The Bertz CT molecular complexity index is 800. The van der Waals surface area contributed by atoms with E-state index in [0.29, 0.717) is 6.42 Å². The molecule has 1 aliphatic rings. The molecule has 1 aromatic rings. The smallest absolute Gasteiger partial charge is 0.317 e. The van der Waals surface area contributed by atoms with E-state index in [-0.39, 0.29) is 22.2 Å². The molecule has 0 radical (unpaired) electrons. The molecule has 0 spiro atoms. The van der Waals surface area contributed by atoms with Crippen molar-refractivity contribution < 1.29 is 31.5 Å². The summed E-state index contributed by atoms with van der Waals surface area (Å²) >= 11 is 0.763. The van der Waals surface area contributed by atoms with Gasteiger partial charge in [0.25, 0.3) is 5.91 Å². The second-order valence-corrected chi connectivity index (χ2v) is 9.25. The van der Waals surface area contributed by atoms with Crippen molar-refractivity contribution in [1.29, 1.82) is 0 Å². The minimum Gasteiger partial charge on any atom is -0.452 e. The highest BCUT2D eigenvalue weighted by Crippen LogP contribution is 2.23. The van der Waals surface area contributed by atoms with Crippen LogP contribution in [0.1, 0.15) is 13.3 Å². The van der Waals surface area contributed by atoms with Crippen molar-refractivity contribution in [1.82, 2.24) is 4.90 Å². The van der Waals surface area contributed by atoms with Gasteiger partial charge in [-0.05, 0) is 31.5 Å². The van der Waals surface area contributed by atoms with Crippen LogP contribution < -0.4 is 0 Å². The van der Waals surface area contributed by atoms with E-state index < -0.39 is 45.5 Å². The van der Waals surface area contributed by atoms with Crippen LogP contribution in [0.4, 0.5) is 8.78 Å². The topological polar surface area (TPSA) is 80.8 Å². The van der Waals surface area contributed by atoms with Crippen molar-refractivity contribution >= 4 is 33.5 Å². The number of carbonyl (C=O) groups is 2. The average Bonchev–Trinajstić information content (AvgIpc) is 2.94. The summed E-state index contributed by atoms with van der Waals surface area (Å²) < 4.78 is 54.6. The first kappa shape index (κ1) is 20.6. The van der Waals surface area contributed by atoms with Crippen molar-refractivity contribution in [3.8, 4) is 0 Å². The molecule has 0 bridgehead atoms. The number of carbonyl (C=O) groups excluding carboxylic acids is 2. The molecule has 1 aliphatic heterocycles. The minimum atomic E-state index is -3.14. The Morgan fingerprint density at radius 1 is 1.38 bits per heavy atom. The monoisotopic (exact) mass is 407 g/mol. The highest BCUT2D eigenvalue weighted by atomic mass is 32.2. The molecule has 1 amide bonds. The van der Waals surface area contributed by atoms with Crippen LogP contribution in [-0.4, -0.2) is 61.6 Å². The van der Waals surface area contributed by atoms with Crippen molar-refractivity contribution in [2.75, 3.05) is 24.3 Å². The largest absolute Gasteiger partial charge is 0.452 e. The van der Waals surface area contributed by atoms with Crippen LogP contribution in [0, 0.1) is 11.6 Å². The molecule has 6 nitrogen and oxygen atoms in total. The Kier molecular flexibility index (Phi) is 6.62. The molecule has 2 atom stereocenters. The lowest BCUT2D eigenvalue weighted by Crippen LogP contribution is -2.44. The van der Waals surface area contributed by atoms with Gasteiger partial charge in [0.1, 0.15) is 11.6 Å². The van der Waals surface area contributed by atoms with Crippen LogP contribution in [0.5, 0.6) is 0 Å². The second kappa shape index (κ2) is 8.34. The summed E-state index contributed by atoms with van der Waals surface area (Å²) in [6.45, 7) is 1.38. The van der Waals surface area contributed by atoms with E-state index in [1.54, 1.807) is 0 Å². The number of rotatable bonds is 6. The van der Waals surface area contributed by atoms with E-state index in [2.05, 4.69) is 0 Å². The molecule has 10 heteroatoms. The van der Waals surface area contributed by atoms with Crippen molar-refractivity contribution in [2.45, 2.75) is 30.4 Å². The van der Waals surface area contributed by atoms with Gasteiger partial charge in [0, 0.05) is 18.0 Å². The molecule has 1 heterocycles. The lowest BCUT2D eigenvalue weighted by atomic mass is 10.2. The SMILES string of the molecule is C[C@H](OC(=O)CSc1cc(F)ccc1F)C(=O)N(C)[C@@H]1CCS(=O)(=O)C1. The van der Waals surface area contributed by atoms with E-state index >= 15 is 0 Å². The number of thioether (sulfide) groups is 1. The van der Waals surface area contributed by atoms with Gasteiger partial charge in [-0.2, -0.15) is 0 Å². The van der Waals surface area contributed by atoms with Crippen LogP contribution in [0.25, 0.3) is 0 Å². The Labute approximate surface area is 154 Å². The van der Waals surface area contributed by atoms with Gasteiger partial charge < -0.3 is 9.64 Å². The molecule has 0 aliphatic carbocycles. The van der Waals surface area contributed by atoms with Gasteiger partial charge >= 0.3 is 5.97 Å². The number of benzene rings is 1. The van der Waals surface area contributed by atoms with Crippen molar-refractivity contribution in [3.63, 3.8) is 0 Å². The maximum atomic E-state index is 13.5.